The maximum Gasteiger partial charge on any atom is 0.213 e. The number of carbonyl (C=O) groups excluding carboxylic acids is 1. The standard InChI is InChI=1S/C16H10BrNO/c17-14-9-4-10-18-15(14)16(19)13-8-3-6-11-5-1-2-7-12(11)13/h1-10H. The first-order valence-corrected chi connectivity index (χ1v) is 6.69. The Balaban J connectivity index is 2.20. The van der Waals surface area contributed by atoms with Gasteiger partial charge in [0.1, 0.15) is 5.69 Å². The van der Waals surface area contributed by atoms with Gasteiger partial charge in [0.15, 0.2) is 0 Å². The number of ketones is 1. The highest BCUT2D eigenvalue weighted by atomic mass is 79.9. The lowest BCUT2D eigenvalue weighted by Gasteiger charge is -2.06. The van der Waals surface area contributed by atoms with E-state index in [9.17, 15) is 4.79 Å². The molecule has 0 bridgehead atoms. The van der Waals surface area contributed by atoms with Gasteiger partial charge in [0.25, 0.3) is 0 Å². The van der Waals surface area contributed by atoms with Gasteiger partial charge in [-0.2, -0.15) is 0 Å². The molecule has 1 heterocycles. The van der Waals surface area contributed by atoms with E-state index >= 15 is 0 Å². The quantitative estimate of drug-likeness (QED) is 0.663. The number of pyridine rings is 1. The zero-order valence-corrected chi connectivity index (χ0v) is 11.6. The van der Waals surface area contributed by atoms with E-state index in [1.54, 1.807) is 12.3 Å². The Morgan fingerprint density at radius 3 is 2.58 bits per heavy atom. The number of nitrogens with zero attached hydrogens (tertiary/aromatic N) is 1. The van der Waals surface area contributed by atoms with Crippen molar-refractivity contribution in [2.75, 3.05) is 0 Å². The first-order valence-electron chi connectivity index (χ1n) is 5.90. The first-order chi connectivity index (χ1) is 9.27. The molecule has 0 saturated carbocycles. The number of hydrogen-bond donors (Lipinski definition) is 0. The molecule has 3 rings (SSSR count). The molecule has 2 nitrogen and oxygen atoms in total. The van der Waals surface area contributed by atoms with Crippen molar-refractivity contribution in [2.24, 2.45) is 0 Å². The van der Waals surface area contributed by atoms with Gasteiger partial charge in [-0.3, -0.25) is 9.78 Å². The lowest BCUT2D eigenvalue weighted by molar-refractivity contribution is 0.103. The molecule has 0 amide bonds. The Morgan fingerprint density at radius 1 is 0.947 bits per heavy atom. The summed E-state index contributed by atoms with van der Waals surface area (Å²) in [5.41, 5.74) is 1.12. The Labute approximate surface area is 119 Å². The topological polar surface area (TPSA) is 30.0 Å². The van der Waals surface area contributed by atoms with Crippen LogP contribution in [0.4, 0.5) is 0 Å². The number of fused-ring (bicyclic) bond motifs is 1. The summed E-state index contributed by atoms with van der Waals surface area (Å²) in [5.74, 6) is -0.0655. The Hall–Kier alpha value is -2.00. The summed E-state index contributed by atoms with van der Waals surface area (Å²) in [6.45, 7) is 0. The molecule has 0 saturated heterocycles. The van der Waals surface area contributed by atoms with Crippen LogP contribution in [0.2, 0.25) is 0 Å². The van der Waals surface area contributed by atoms with Crippen molar-refractivity contribution < 1.29 is 4.79 Å². The van der Waals surface area contributed by atoms with Crippen LogP contribution in [0.15, 0.2) is 65.3 Å². The van der Waals surface area contributed by atoms with Gasteiger partial charge >= 0.3 is 0 Å². The monoisotopic (exact) mass is 311 g/mol. The predicted octanol–water partition coefficient (Wildman–Crippen LogP) is 4.23. The SMILES string of the molecule is O=C(c1ncccc1Br)c1cccc2ccccc12. The van der Waals surface area contributed by atoms with Gasteiger partial charge in [-0.25, -0.2) is 0 Å². The van der Waals surface area contributed by atoms with Gasteiger partial charge in [-0.15, -0.1) is 0 Å². The van der Waals surface area contributed by atoms with Crippen LogP contribution in [-0.2, 0) is 0 Å². The summed E-state index contributed by atoms with van der Waals surface area (Å²) in [5, 5.41) is 2.01. The molecule has 3 aromatic rings. The molecule has 0 aliphatic rings. The van der Waals surface area contributed by atoms with E-state index in [1.807, 2.05) is 48.5 Å². The number of halogens is 1. The van der Waals surface area contributed by atoms with E-state index in [-0.39, 0.29) is 5.78 Å². The normalized spacial score (nSPS) is 10.6. The van der Waals surface area contributed by atoms with Crippen LogP contribution in [0.5, 0.6) is 0 Å². The van der Waals surface area contributed by atoms with Crippen molar-refractivity contribution in [3.05, 3.63) is 76.5 Å². The van der Waals surface area contributed by atoms with Crippen molar-refractivity contribution >= 4 is 32.5 Å². The fourth-order valence-corrected chi connectivity index (χ4v) is 2.54. The van der Waals surface area contributed by atoms with Crippen molar-refractivity contribution in [3.8, 4) is 0 Å². The number of aromatic nitrogens is 1. The number of rotatable bonds is 2. The van der Waals surface area contributed by atoms with E-state index in [2.05, 4.69) is 20.9 Å². The summed E-state index contributed by atoms with van der Waals surface area (Å²) in [6.07, 6.45) is 1.63. The molecular weight excluding hydrogens is 302 g/mol. The molecule has 3 heteroatoms. The number of benzene rings is 2. The van der Waals surface area contributed by atoms with Crippen LogP contribution in [0, 0.1) is 0 Å². The second-order valence-corrected chi connectivity index (χ2v) is 5.04. The average Bonchev–Trinajstić information content (AvgIpc) is 2.46. The van der Waals surface area contributed by atoms with Crippen molar-refractivity contribution in [3.63, 3.8) is 0 Å². The summed E-state index contributed by atoms with van der Waals surface area (Å²) in [7, 11) is 0. The first kappa shape index (κ1) is 12.1. The molecule has 0 unspecified atom stereocenters. The predicted molar refractivity (Wildman–Crippen MR) is 79.3 cm³/mol. The highest BCUT2D eigenvalue weighted by Crippen LogP contribution is 2.23. The Kier molecular flexibility index (Phi) is 3.13. The molecule has 0 radical (unpaired) electrons. The Bertz CT molecular complexity index is 762. The molecule has 0 spiro atoms. The lowest BCUT2D eigenvalue weighted by atomic mass is 10.00. The van der Waals surface area contributed by atoms with Crippen LogP contribution in [0.3, 0.4) is 0 Å². The van der Waals surface area contributed by atoms with Gasteiger partial charge in [0.2, 0.25) is 5.78 Å². The molecule has 0 fully saturated rings. The van der Waals surface area contributed by atoms with Crippen molar-refractivity contribution in [2.45, 2.75) is 0 Å². The molecule has 0 N–H and O–H groups in total. The third-order valence-electron chi connectivity index (χ3n) is 3.01. The molecular formula is C16H10BrNO. The number of carbonyl (C=O) groups is 1. The van der Waals surface area contributed by atoms with Crippen molar-refractivity contribution in [1.29, 1.82) is 0 Å². The van der Waals surface area contributed by atoms with Crippen LogP contribution < -0.4 is 0 Å². The lowest BCUT2D eigenvalue weighted by Crippen LogP contribution is -2.05. The summed E-state index contributed by atoms with van der Waals surface area (Å²) >= 11 is 3.37. The zero-order chi connectivity index (χ0) is 13.2. The molecule has 19 heavy (non-hydrogen) atoms. The van der Waals surface area contributed by atoms with E-state index in [0.717, 1.165) is 10.8 Å². The number of hydrogen-bond acceptors (Lipinski definition) is 2. The van der Waals surface area contributed by atoms with Gasteiger partial charge in [-0.05, 0) is 38.8 Å². The molecule has 92 valence electrons. The van der Waals surface area contributed by atoms with Gasteiger partial charge in [-0.1, -0.05) is 42.5 Å². The molecule has 0 aliphatic heterocycles. The van der Waals surface area contributed by atoms with E-state index in [0.29, 0.717) is 15.7 Å². The fraction of sp³-hybridized carbons (Fsp3) is 0. The molecule has 1 aromatic heterocycles. The highest BCUT2D eigenvalue weighted by Gasteiger charge is 2.15. The second-order valence-electron chi connectivity index (χ2n) is 4.19. The minimum absolute atomic E-state index is 0.0655. The van der Waals surface area contributed by atoms with Crippen LogP contribution in [0.25, 0.3) is 10.8 Å². The largest absolute Gasteiger partial charge is 0.287 e. The smallest absolute Gasteiger partial charge is 0.213 e. The van der Waals surface area contributed by atoms with Gasteiger partial charge < -0.3 is 0 Å². The maximum atomic E-state index is 12.6. The summed E-state index contributed by atoms with van der Waals surface area (Å²) in [6, 6.07) is 17.2. The van der Waals surface area contributed by atoms with Crippen molar-refractivity contribution in [1.82, 2.24) is 4.98 Å². The molecule has 0 atom stereocenters. The van der Waals surface area contributed by atoms with Gasteiger partial charge in [0.05, 0.1) is 0 Å². The fourth-order valence-electron chi connectivity index (χ4n) is 2.10. The molecule has 2 aromatic carbocycles. The molecule has 0 aliphatic carbocycles. The summed E-state index contributed by atoms with van der Waals surface area (Å²) < 4.78 is 0.716. The van der Waals surface area contributed by atoms with E-state index in [1.165, 1.54) is 0 Å². The summed E-state index contributed by atoms with van der Waals surface area (Å²) in [4.78, 5) is 16.8. The van der Waals surface area contributed by atoms with E-state index < -0.39 is 0 Å². The minimum atomic E-state index is -0.0655. The average molecular weight is 312 g/mol. The van der Waals surface area contributed by atoms with Crippen LogP contribution >= 0.6 is 15.9 Å². The van der Waals surface area contributed by atoms with Crippen LogP contribution in [0.1, 0.15) is 16.1 Å². The minimum Gasteiger partial charge on any atom is -0.287 e. The highest BCUT2D eigenvalue weighted by molar-refractivity contribution is 9.10. The third-order valence-corrected chi connectivity index (χ3v) is 3.65. The maximum absolute atomic E-state index is 12.6. The second kappa shape index (κ2) is 4.94. The Morgan fingerprint density at radius 2 is 1.74 bits per heavy atom. The van der Waals surface area contributed by atoms with E-state index in [4.69, 9.17) is 0 Å². The third kappa shape index (κ3) is 2.17. The van der Waals surface area contributed by atoms with Gasteiger partial charge in [0, 0.05) is 16.2 Å². The van der Waals surface area contributed by atoms with Crippen LogP contribution in [-0.4, -0.2) is 10.8 Å². The zero-order valence-electron chi connectivity index (χ0n) is 10.0.